The molecule has 0 aliphatic heterocycles. The van der Waals surface area contributed by atoms with Crippen LogP contribution >= 0.6 is 23.2 Å². The maximum absolute atomic E-state index is 13.0. The number of nitrogens with zero attached hydrogens (tertiary/aromatic N) is 16. The number of fused-ring (bicyclic) bond motifs is 3. The van der Waals surface area contributed by atoms with Crippen molar-refractivity contribution in [3.05, 3.63) is 178 Å². The lowest BCUT2D eigenvalue weighted by molar-refractivity contribution is 0.478. The smallest absolute Gasteiger partial charge is 0.296 e. The van der Waals surface area contributed by atoms with E-state index in [9.17, 15) is 114 Å². The zero-order valence-electron chi connectivity index (χ0n) is 65.1. The minimum atomic E-state index is -5.24. The molecule has 11 aromatic carbocycles. The van der Waals surface area contributed by atoms with Gasteiger partial charge in [0.1, 0.15) is 64.3 Å². The van der Waals surface area contributed by atoms with Crippen molar-refractivity contribution < 1.29 is 114 Å². The Morgan fingerprint density at radius 3 is 1.02 bits per heavy atom. The lowest BCUT2D eigenvalue weighted by Crippen LogP contribution is -2.05. The first-order valence-corrected chi connectivity index (χ1v) is 47.4. The Bertz CT molecular complexity index is 8240. The molecule has 668 valence electrons. The van der Waals surface area contributed by atoms with Crippen molar-refractivity contribution in [1.29, 1.82) is 0 Å². The molecule has 129 heavy (non-hydrogen) atoms. The molecule has 0 saturated heterocycles. The second-order valence-corrected chi connectivity index (χ2v) is 39.2. The maximum Gasteiger partial charge on any atom is 0.296 e. The van der Waals surface area contributed by atoms with Crippen LogP contribution in [0.2, 0.25) is 10.6 Å². The van der Waals surface area contributed by atoms with Crippen LogP contribution in [0.15, 0.2) is 230 Å². The number of aryl methyl sites for hydroxylation is 5. The van der Waals surface area contributed by atoms with Crippen LogP contribution in [0, 0.1) is 34.6 Å². The van der Waals surface area contributed by atoms with Crippen LogP contribution in [0.3, 0.4) is 0 Å². The van der Waals surface area contributed by atoms with Gasteiger partial charge in [0.2, 0.25) is 34.4 Å². The Morgan fingerprint density at radius 2 is 0.628 bits per heavy atom. The Hall–Kier alpha value is -13.5. The number of benzene rings is 11. The normalized spacial score (nSPS) is 12.9. The summed E-state index contributed by atoms with van der Waals surface area (Å²) in [5.74, 6) is -2.80. The molecule has 0 spiro atoms. The number of azo groups is 5. The summed E-state index contributed by atoms with van der Waals surface area (Å²) in [4.78, 5) is 18.4. The molecule has 0 atom stereocenters. The fourth-order valence-electron chi connectivity index (χ4n) is 12.4. The van der Waals surface area contributed by atoms with Crippen LogP contribution in [0.1, 0.15) is 27.8 Å². The minimum Gasteiger partial charge on any atom is -0.505 e. The van der Waals surface area contributed by atoms with Crippen molar-refractivity contribution in [2.75, 3.05) is 32.7 Å². The van der Waals surface area contributed by atoms with E-state index in [2.05, 4.69) is 102 Å². The minimum absolute atomic E-state index is 0.00364. The zero-order chi connectivity index (χ0) is 94.2. The van der Waals surface area contributed by atoms with Crippen LogP contribution in [-0.2, 0) is 80.9 Å². The van der Waals surface area contributed by atoms with E-state index in [1.165, 1.54) is 93.6 Å². The molecule has 58 heteroatoms. The number of aromatic hydroxyl groups is 2. The number of nitrogens with one attached hydrogen (secondary N) is 4. The second-order valence-electron chi connectivity index (χ2n) is 27.3. The van der Waals surface area contributed by atoms with Crippen molar-refractivity contribution in [2.45, 2.75) is 73.8 Å². The molecule has 0 radical (unpaired) electrons. The fourth-order valence-corrected chi connectivity index (χ4v) is 17.6. The zero-order valence-corrected chi connectivity index (χ0v) is 73.2. The monoisotopic (exact) mass is 1960 g/mol. The molecule has 0 fully saturated rings. The molecule has 0 bridgehead atoms. The van der Waals surface area contributed by atoms with Gasteiger partial charge >= 0.3 is 0 Å². The number of rotatable bonds is 26. The van der Waals surface area contributed by atoms with E-state index in [1.54, 1.807) is 13.8 Å². The molecule has 0 saturated carbocycles. The summed E-state index contributed by atoms with van der Waals surface area (Å²) >= 11 is 13.1. The number of hydrogen-bond donors (Lipinski definition) is 16. The van der Waals surface area contributed by atoms with Gasteiger partial charge in [0.15, 0.2) is 11.5 Å². The van der Waals surface area contributed by atoms with E-state index < -0.39 is 188 Å². The summed E-state index contributed by atoms with van der Waals surface area (Å²) in [6.45, 7) is 7.28. The van der Waals surface area contributed by atoms with Crippen LogP contribution in [-0.4, -0.2) is 144 Å². The van der Waals surface area contributed by atoms with Crippen molar-refractivity contribution in [3.63, 3.8) is 0 Å². The van der Waals surface area contributed by atoms with E-state index in [0.717, 1.165) is 24.3 Å². The predicted molar refractivity (Wildman–Crippen MR) is 462 cm³/mol. The first kappa shape index (κ1) is 93.1. The fraction of sp³-hybridized carbons (Fsp3) is 0.0704. The number of hydrogen-bond acceptors (Lipinski definition) is 40. The van der Waals surface area contributed by atoms with Crippen molar-refractivity contribution in [2.24, 2.45) is 51.1 Å². The second kappa shape index (κ2) is 34.6. The van der Waals surface area contributed by atoms with E-state index >= 15 is 0 Å². The summed E-state index contributed by atoms with van der Waals surface area (Å²) < 4.78 is 279. The molecule has 0 unspecified atom stereocenters. The third kappa shape index (κ3) is 20.7. The lowest BCUT2D eigenvalue weighted by atomic mass is 10.0. The third-order valence-electron chi connectivity index (χ3n) is 18.4. The number of aromatic nitrogens is 6. The number of anilines is 10. The molecule has 2 aromatic heterocycles. The summed E-state index contributed by atoms with van der Waals surface area (Å²) in [7, 11) is -40.9. The van der Waals surface area contributed by atoms with Crippen LogP contribution in [0.25, 0.3) is 32.3 Å². The molecule has 2 heterocycles. The molecule has 48 nitrogen and oxygen atoms in total. The number of halogens is 2. The highest BCUT2D eigenvalue weighted by molar-refractivity contribution is 7.88. The van der Waals surface area contributed by atoms with E-state index in [4.69, 9.17) is 34.7 Å². The molecular formula is C71H56Cl2N22O26S8. The van der Waals surface area contributed by atoms with Gasteiger partial charge in [-0.05, 0) is 229 Å². The summed E-state index contributed by atoms with van der Waals surface area (Å²) in [6.07, 6.45) is 0. The summed E-state index contributed by atoms with van der Waals surface area (Å²) in [5.41, 5.74) is 8.95. The maximum atomic E-state index is 13.0. The van der Waals surface area contributed by atoms with Gasteiger partial charge in [0.05, 0.1) is 59.6 Å². The number of phenols is 2. The Balaban J connectivity index is 0.816. The number of phenolic OH excluding ortho intramolecular Hbond substituents is 2. The van der Waals surface area contributed by atoms with Gasteiger partial charge in [-0.3, -0.25) is 36.4 Å². The number of nitrogen functional groups attached to an aromatic ring is 2. The van der Waals surface area contributed by atoms with Crippen LogP contribution < -0.4 is 32.7 Å². The molecule has 0 amide bonds. The van der Waals surface area contributed by atoms with Gasteiger partial charge < -0.3 is 42.9 Å². The van der Waals surface area contributed by atoms with Crippen molar-refractivity contribution in [1.82, 2.24) is 29.9 Å². The van der Waals surface area contributed by atoms with Crippen LogP contribution in [0.4, 0.5) is 115 Å². The SMILES string of the molecule is Cc1cc2cc(S(=O)(=O)O)cc(S(=O)(=O)O)c2cc1N=Nc1ccc(Nc2nc(Cl)nc(Nc3ccc(C)c(N=Nc4c(S(=O)(=O)O)cc5cc(C)c(N=Nc6cc(S(=O)(=O)O)ccc6S(=O)(=O)O)c(O)c5c4N)c3)n2)cc1Nc1nc(Cl)nc(Nc2ccc(C)c(N=Nc3c(S(=O)(=O)O)cc4cc(C)c(N=Nc5cc(S(=O)(=O)O)ccc5S(=O)(=O)O)c(O)c4c3N)c2)n1. The average Bonchev–Trinajstić information content (AvgIpc) is 0.735. The molecule has 13 aromatic rings. The molecule has 13 rings (SSSR count). The van der Waals surface area contributed by atoms with Crippen molar-refractivity contribution >= 4 is 251 Å². The Labute approximate surface area is 736 Å². The van der Waals surface area contributed by atoms with Crippen molar-refractivity contribution in [3.8, 4) is 11.5 Å². The topological polar surface area (TPSA) is 777 Å². The lowest BCUT2D eigenvalue weighted by Gasteiger charge is -2.14. The van der Waals surface area contributed by atoms with Gasteiger partial charge in [-0.2, -0.15) is 113 Å². The molecular weight excluding hydrogens is 1900 g/mol. The molecule has 18 N–H and O–H groups in total. The van der Waals surface area contributed by atoms with E-state index in [0.29, 0.717) is 53.6 Å². The number of nitrogens with two attached hydrogens (primary N) is 2. The van der Waals surface area contributed by atoms with Gasteiger partial charge in [0, 0.05) is 22.4 Å². The Kier molecular flexibility index (Phi) is 25.0. The standard InChI is InChI=1S/C71H56Cl2N22O26S8/c1-29-6-8-37(22-45(29)88-94-62-54(128(116,117)118)20-35-17-32(4)60(64(96)56(35)58(62)74)92-90-49-25-40(122(98,99)100)11-14-51(49)125(107,108)109)76-68-80-66(72)81-69(84-68)78-39-10-13-44(86-87-47-28-43-34(16-31(47)3)19-42(124(104,105)106)27-53(43)127(113,114)115)48(24-39)79-71-83-67(73)82-70(85-71)77-38-9-7-30(2)46(23-38)89-95-63-55(129(119,120)121)21-36-18-33(5)61(65(97)57(36)59(63)75)93-91-50-26-41(123(101,102)103)12-15-52(50)126(110,111)112/h6-28,96-97H,74-75H2,1-5H3,(H,98,99,100)(H,101,102,103)(H,104,105,106)(H,107,108,109)(H,110,111,112)(H,113,114,115)(H,116,117,118)(H,119,120,121)(H2,76,78,80,81,84)(H2,77,79,82,83,85). The van der Waals surface area contributed by atoms with Crippen LogP contribution in [0.5, 0.6) is 11.5 Å². The Morgan fingerprint density at radius 1 is 0.287 bits per heavy atom. The molecule has 0 aliphatic carbocycles. The van der Waals surface area contributed by atoms with E-state index in [1.807, 2.05) is 0 Å². The quantitative estimate of drug-likeness (QED) is 0.0136. The predicted octanol–water partition coefficient (Wildman–Crippen LogP) is 16.0. The third-order valence-corrected chi connectivity index (χ3v) is 25.7. The van der Waals surface area contributed by atoms with Gasteiger partial charge in [-0.1, -0.05) is 12.1 Å². The van der Waals surface area contributed by atoms with Gasteiger partial charge in [0.25, 0.3) is 80.9 Å². The highest BCUT2D eigenvalue weighted by Gasteiger charge is 2.30. The summed E-state index contributed by atoms with van der Waals surface area (Å²) in [5, 5.41) is 73.6. The van der Waals surface area contributed by atoms with Gasteiger partial charge in [-0.25, -0.2) is 0 Å². The van der Waals surface area contributed by atoms with Gasteiger partial charge in [-0.15, -0.1) is 35.8 Å². The molecule has 0 aliphatic rings. The highest BCUT2D eigenvalue weighted by atomic mass is 35.5. The largest absolute Gasteiger partial charge is 0.505 e. The average molecular weight is 1960 g/mol. The first-order chi connectivity index (χ1) is 59.9. The van der Waals surface area contributed by atoms with E-state index in [-0.39, 0.29) is 118 Å². The first-order valence-electron chi connectivity index (χ1n) is 35.1. The highest BCUT2D eigenvalue weighted by Crippen LogP contribution is 2.51. The summed E-state index contributed by atoms with van der Waals surface area (Å²) in [6, 6.07) is 24.8.